The van der Waals surface area contributed by atoms with Crippen molar-refractivity contribution in [1.29, 1.82) is 0 Å². The van der Waals surface area contributed by atoms with E-state index < -0.39 is 5.97 Å². The molecule has 4 rings (SSSR count). The maximum Gasteiger partial charge on any atom is 0.338 e. The molecule has 0 fully saturated rings. The van der Waals surface area contributed by atoms with Gasteiger partial charge < -0.3 is 19.3 Å². The van der Waals surface area contributed by atoms with E-state index in [9.17, 15) is 9.59 Å². The third-order valence-electron chi connectivity index (χ3n) is 4.59. The molecule has 4 aromatic rings. The highest BCUT2D eigenvalue weighted by molar-refractivity contribution is 5.93. The zero-order valence-corrected chi connectivity index (χ0v) is 17.9. The van der Waals surface area contributed by atoms with E-state index in [4.69, 9.17) is 14.0 Å². The van der Waals surface area contributed by atoms with Gasteiger partial charge in [0.05, 0.1) is 12.2 Å². The van der Waals surface area contributed by atoms with Crippen molar-refractivity contribution in [2.75, 3.05) is 18.5 Å². The van der Waals surface area contributed by atoms with E-state index in [0.717, 1.165) is 5.56 Å². The number of anilines is 1. The molecule has 166 valence electrons. The zero-order chi connectivity index (χ0) is 23.0. The van der Waals surface area contributed by atoms with Crippen LogP contribution in [-0.2, 0) is 9.53 Å². The number of nitrogens with one attached hydrogen (secondary N) is 1. The molecule has 8 heteroatoms. The smallest absolute Gasteiger partial charge is 0.338 e. The molecule has 33 heavy (non-hydrogen) atoms. The van der Waals surface area contributed by atoms with Gasteiger partial charge in [-0.05, 0) is 49.4 Å². The fourth-order valence-corrected chi connectivity index (χ4v) is 3.01. The van der Waals surface area contributed by atoms with Crippen LogP contribution in [0.15, 0.2) is 83.4 Å². The Morgan fingerprint density at radius 1 is 0.939 bits per heavy atom. The summed E-state index contributed by atoms with van der Waals surface area (Å²) in [5.41, 5.74) is 2.49. The second kappa shape index (κ2) is 10.2. The highest BCUT2D eigenvalue weighted by atomic mass is 16.5. The van der Waals surface area contributed by atoms with Crippen LogP contribution in [0.2, 0.25) is 0 Å². The van der Waals surface area contributed by atoms with E-state index in [2.05, 4.69) is 15.5 Å². The number of aromatic nitrogens is 2. The molecule has 8 nitrogen and oxygen atoms in total. The first-order valence-corrected chi connectivity index (χ1v) is 10.3. The minimum absolute atomic E-state index is 0.192. The first-order valence-electron chi connectivity index (χ1n) is 10.3. The number of amides is 1. The molecule has 0 aliphatic heterocycles. The van der Waals surface area contributed by atoms with Gasteiger partial charge in [0.1, 0.15) is 5.75 Å². The number of carbonyl (C=O) groups excluding carboxylic acids is 2. The number of nitrogens with zero attached hydrogens (tertiary/aromatic N) is 2. The molecule has 1 heterocycles. The number of carbonyl (C=O) groups is 2. The Morgan fingerprint density at radius 2 is 1.70 bits per heavy atom. The van der Waals surface area contributed by atoms with Crippen LogP contribution < -0.4 is 10.1 Å². The van der Waals surface area contributed by atoms with Crippen molar-refractivity contribution < 1.29 is 23.6 Å². The number of benzene rings is 3. The second-order valence-corrected chi connectivity index (χ2v) is 6.95. The molecule has 0 saturated carbocycles. The van der Waals surface area contributed by atoms with Gasteiger partial charge in [0.2, 0.25) is 5.82 Å². The van der Waals surface area contributed by atoms with Gasteiger partial charge in [-0.25, -0.2) is 4.79 Å². The van der Waals surface area contributed by atoms with Gasteiger partial charge in [-0.3, -0.25) is 4.79 Å². The van der Waals surface area contributed by atoms with Crippen molar-refractivity contribution in [3.05, 3.63) is 84.4 Å². The summed E-state index contributed by atoms with van der Waals surface area (Å²) in [5.74, 6) is 0.583. The largest absolute Gasteiger partial charge is 0.484 e. The molecular weight excluding hydrogens is 422 g/mol. The molecule has 0 spiro atoms. The predicted octanol–water partition coefficient (Wildman–Crippen LogP) is 4.60. The molecule has 0 bridgehead atoms. The topological polar surface area (TPSA) is 104 Å². The number of esters is 1. The van der Waals surface area contributed by atoms with Crippen molar-refractivity contribution in [2.24, 2.45) is 0 Å². The molecule has 0 atom stereocenters. The number of ether oxygens (including phenoxy) is 2. The summed E-state index contributed by atoms with van der Waals surface area (Å²) in [7, 11) is 0. The summed E-state index contributed by atoms with van der Waals surface area (Å²) in [4.78, 5) is 28.4. The average Bonchev–Trinajstić information content (AvgIpc) is 3.35. The summed E-state index contributed by atoms with van der Waals surface area (Å²) in [5, 5.41) is 6.74. The molecule has 1 amide bonds. The van der Waals surface area contributed by atoms with Crippen LogP contribution >= 0.6 is 0 Å². The Bertz CT molecular complexity index is 1240. The fraction of sp³-hybridized carbons (Fsp3) is 0.120. The number of hydrogen-bond acceptors (Lipinski definition) is 7. The molecule has 3 aromatic carbocycles. The third kappa shape index (κ3) is 5.62. The van der Waals surface area contributed by atoms with Crippen molar-refractivity contribution in [1.82, 2.24) is 10.1 Å². The quantitative estimate of drug-likeness (QED) is 0.397. The molecular formula is C25H21N3O5. The SMILES string of the molecule is CCOC(=O)c1ccc(NC(=O)COc2cccc(-c3nc(-c4ccccc4)no3)c2)cc1. The fourth-order valence-electron chi connectivity index (χ4n) is 3.01. The summed E-state index contributed by atoms with van der Waals surface area (Å²) < 4.78 is 15.9. The van der Waals surface area contributed by atoms with Crippen LogP contribution in [0.4, 0.5) is 5.69 Å². The highest BCUT2D eigenvalue weighted by Crippen LogP contribution is 2.25. The lowest BCUT2D eigenvalue weighted by Gasteiger charge is -2.09. The lowest BCUT2D eigenvalue weighted by atomic mass is 10.2. The summed E-state index contributed by atoms with van der Waals surface area (Å²) in [6.07, 6.45) is 0. The predicted molar refractivity (Wildman–Crippen MR) is 122 cm³/mol. The van der Waals surface area contributed by atoms with Crippen LogP contribution in [0.5, 0.6) is 5.75 Å². The van der Waals surface area contributed by atoms with Gasteiger partial charge in [-0.15, -0.1) is 0 Å². The minimum atomic E-state index is -0.407. The van der Waals surface area contributed by atoms with Crippen LogP contribution in [0.1, 0.15) is 17.3 Å². The maximum atomic E-state index is 12.3. The van der Waals surface area contributed by atoms with Gasteiger partial charge in [0.25, 0.3) is 11.8 Å². The Balaban J connectivity index is 1.35. The van der Waals surface area contributed by atoms with Crippen LogP contribution in [0, 0.1) is 0 Å². The van der Waals surface area contributed by atoms with E-state index in [1.165, 1.54) is 0 Å². The molecule has 0 radical (unpaired) electrons. The third-order valence-corrected chi connectivity index (χ3v) is 4.59. The average molecular weight is 443 g/mol. The van der Waals surface area contributed by atoms with Crippen molar-refractivity contribution in [3.63, 3.8) is 0 Å². The Kier molecular flexibility index (Phi) is 6.75. The van der Waals surface area contributed by atoms with E-state index in [1.807, 2.05) is 36.4 Å². The summed E-state index contributed by atoms with van der Waals surface area (Å²) in [6.45, 7) is 1.85. The second-order valence-electron chi connectivity index (χ2n) is 6.95. The molecule has 0 saturated heterocycles. The van der Waals surface area contributed by atoms with Crippen molar-refractivity contribution >= 4 is 17.6 Å². The van der Waals surface area contributed by atoms with Crippen LogP contribution in [0.3, 0.4) is 0 Å². The van der Waals surface area contributed by atoms with E-state index >= 15 is 0 Å². The minimum Gasteiger partial charge on any atom is -0.484 e. The van der Waals surface area contributed by atoms with Gasteiger partial charge in [-0.1, -0.05) is 41.6 Å². The Labute approximate surface area is 190 Å². The molecule has 0 aliphatic rings. The normalized spacial score (nSPS) is 10.5. The van der Waals surface area contributed by atoms with Crippen molar-refractivity contribution in [2.45, 2.75) is 6.92 Å². The Hall–Kier alpha value is -4.46. The van der Waals surface area contributed by atoms with Crippen molar-refractivity contribution in [3.8, 4) is 28.6 Å². The standard InChI is InChI=1S/C25H21N3O5/c1-2-31-25(30)18-11-13-20(14-12-18)26-22(29)16-32-21-10-6-9-19(15-21)24-27-23(28-33-24)17-7-4-3-5-8-17/h3-15H,2,16H2,1H3,(H,26,29). The first-order chi connectivity index (χ1) is 16.1. The Morgan fingerprint density at radius 3 is 2.45 bits per heavy atom. The summed E-state index contributed by atoms with van der Waals surface area (Å²) in [6, 6.07) is 23.0. The van der Waals surface area contributed by atoms with Gasteiger partial charge >= 0.3 is 5.97 Å². The molecule has 1 N–H and O–H groups in total. The van der Waals surface area contributed by atoms with E-state index in [1.54, 1.807) is 49.4 Å². The zero-order valence-electron chi connectivity index (χ0n) is 17.9. The van der Waals surface area contributed by atoms with Crippen LogP contribution in [0.25, 0.3) is 22.8 Å². The molecule has 1 aromatic heterocycles. The lowest BCUT2D eigenvalue weighted by Crippen LogP contribution is -2.20. The maximum absolute atomic E-state index is 12.3. The van der Waals surface area contributed by atoms with Crippen LogP contribution in [-0.4, -0.2) is 35.2 Å². The molecule has 0 unspecified atom stereocenters. The number of rotatable bonds is 8. The summed E-state index contributed by atoms with van der Waals surface area (Å²) >= 11 is 0. The lowest BCUT2D eigenvalue weighted by molar-refractivity contribution is -0.118. The highest BCUT2D eigenvalue weighted by Gasteiger charge is 2.12. The molecule has 0 aliphatic carbocycles. The first kappa shape index (κ1) is 21.8. The monoisotopic (exact) mass is 443 g/mol. The van der Waals surface area contributed by atoms with E-state index in [0.29, 0.717) is 40.9 Å². The van der Waals surface area contributed by atoms with Gasteiger partial charge in [0.15, 0.2) is 6.61 Å². The van der Waals surface area contributed by atoms with E-state index in [-0.39, 0.29) is 12.5 Å². The van der Waals surface area contributed by atoms with Gasteiger partial charge in [-0.2, -0.15) is 4.98 Å². The van der Waals surface area contributed by atoms with Gasteiger partial charge in [0, 0.05) is 16.8 Å². The number of hydrogen-bond donors (Lipinski definition) is 1.